The molecule has 0 fully saturated rings. The Bertz CT molecular complexity index is 1080. The van der Waals surface area contributed by atoms with E-state index in [9.17, 15) is 4.79 Å². The highest BCUT2D eigenvalue weighted by Gasteiger charge is 2.11. The summed E-state index contributed by atoms with van der Waals surface area (Å²) in [4.78, 5) is 16.3. The van der Waals surface area contributed by atoms with E-state index in [1.54, 1.807) is 22.8 Å². The van der Waals surface area contributed by atoms with Crippen molar-refractivity contribution in [1.29, 1.82) is 0 Å². The maximum absolute atomic E-state index is 12.2. The Morgan fingerprint density at radius 1 is 1.23 bits per heavy atom. The summed E-state index contributed by atoms with van der Waals surface area (Å²) in [5.74, 6) is 1.16. The van der Waals surface area contributed by atoms with E-state index in [0.29, 0.717) is 22.3 Å². The fourth-order valence-electron chi connectivity index (χ4n) is 2.67. The highest BCUT2D eigenvalue weighted by Crippen LogP contribution is 2.22. The van der Waals surface area contributed by atoms with Gasteiger partial charge in [-0.05, 0) is 48.9 Å². The largest absolute Gasteiger partial charge is 0.417 e. The summed E-state index contributed by atoms with van der Waals surface area (Å²) in [6, 6.07) is 14.6. The molecule has 0 radical (unpaired) electrons. The van der Waals surface area contributed by atoms with Gasteiger partial charge in [0.2, 0.25) is 17.5 Å². The first-order valence-electron chi connectivity index (χ1n) is 8.04. The smallest absolute Gasteiger partial charge is 0.246 e. The second-order valence-corrected chi connectivity index (χ2v) is 6.33. The SMILES string of the molecule is Cc1ncc2oc(-c3ccc(NC(=O)Cc4cccc(Cl)c4)cc3)nn12. The van der Waals surface area contributed by atoms with Crippen molar-refractivity contribution in [1.82, 2.24) is 14.6 Å². The molecule has 0 saturated carbocycles. The molecular formula is C19H15ClN4O2. The van der Waals surface area contributed by atoms with E-state index in [4.69, 9.17) is 16.0 Å². The van der Waals surface area contributed by atoms with E-state index in [1.807, 2.05) is 43.3 Å². The highest BCUT2D eigenvalue weighted by atomic mass is 35.5. The van der Waals surface area contributed by atoms with Crippen molar-refractivity contribution in [2.75, 3.05) is 5.32 Å². The molecule has 0 unspecified atom stereocenters. The minimum atomic E-state index is -0.105. The van der Waals surface area contributed by atoms with Crippen molar-refractivity contribution >= 4 is 28.9 Å². The number of aryl methyl sites for hydroxylation is 1. The molecule has 26 heavy (non-hydrogen) atoms. The predicted octanol–water partition coefficient (Wildman–Crippen LogP) is 4.13. The quantitative estimate of drug-likeness (QED) is 0.589. The van der Waals surface area contributed by atoms with Crippen LogP contribution in [0.5, 0.6) is 0 Å². The van der Waals surface area contributed by atoms with Crippen LogP contribution in [0.4, 0.5) is 5.69 Å². The first-order valence-corrected chi connectivity index (χ1v) is 8.42. The van der Waals surface area contributed by atoms with Gasteiger partial charge in [-0.2, -0.15) is 4.52 Å². The van der Waals surface area contributed by atoms with Crippen molar-refractivity contribution in [3.05, 3.63) is 71.1 Å². The van der Waals surface area contributed by atoms with Gasteiger partial charge in [-0.1, -0.05) is 23.7 Å². The van der Waals surface area contributed by atoms with Crippen LogP contribution >= 0.6 is 11.6 Å². The van der Waals surface area contributed by atoms with Crippen molar-refractivity contribution in [3.63, 3.8) is 0 Å². The van der Waals surface area contributed by atoms with Crippen molar-refractivity contribution in [3.8, 4) is 11.5 Å². The van der Waals surface area contributed by atoms with Gasteiger partial charge in [0.1, 0.15) is 5.82 Å². The molecule has 2 heterocycles. The molecule has 0 spiro atoms. The zero-order valence-corrected chi connectivity index (χ0v) is 14.7. The van der Waals surface area contributed by atoms with Crippen LogP contribution in [-0.2, 0) is 11.2 Å². The Balaban J connectivity index is 1.46. The molecule has 2 aromatic heterocycles. The van der Waals surface area contributed by atoms with Gasteiger partial charge < -0.3 is 9.73 Å². The van der Waals surface area contributed by atoms with Gasteiger partial charge in [0, 0.05) is 16.3 Å². The number of aromatic nitrogens is 3. The van der Waals surface area contributed by atoms with Crippen LogP contribution in [0.15, 0.2) is 59.1 Å². The lowest BCUT2D eigenvalue weighted by molar-refractivity contribution is -0.115. The minimum Gasteiger partial charge on any atom is -0.417 e. The molecule has 0 aliphatic heterocycles. The number of hydrogen-bond donors (Lipinski definition) is 1. The molecule has 4 aromatic rings. The van der Waals surface area contributed by atoms with E-state index in [2.05, 4.69) is 15.4 Å². The molecule has 0 saturated heterocycles. The summed E-state index contributed by atoms with van der Waals surface area (Å²) in [5.41, 5.74) is 2.99. The lowest BCUT2D eigenvalue weighted by Gasteiger charge is -2.06. The average molecular weight is 367 g/mol. The summed E-state index contributed by atoms with van der Waals surface area (Å²) in [6.07, 6.45) is 1.90. The third-order valence-electron chi connectivity index (χ3n) is 3.94. The van der Waals surface area contributed by atoms with Crippen LogP contribution in [0.25, 0.3) is 17.2 Å². The summed E-state index contributed by atoms with van der Waals surface area (Å²) in [5, 5.41) is 7.87. The minimum absolute atomic E-state index is 0.105. The number of rotatable bonds is 4. The van der Waals surface area contributed by atoms with E-state index in [0.717, 1.165) is 17.0 Å². The molecule has 4 rings (SSSR count). The van der Waals surface area contributed by atoms with Crippen molar-refractivity contribution < 1.29 is 9.21 Å². The molecular weight excluding hydrogens is 352 g/mol. The first kappa shape index (κ1) is 16.4. The lowest BCUT2D eigenvalue weighted by Crippen LogP contribution is -2.14. The molecule has 1 N–H and O–H groups in total. The first-order chi connectivity index (χ1) is 12.6. The predicted molar refractivity (Wildman–Crippen MR) is 99.2 cm³/mol. The van der Waals surface area contributed by atoms with Gasteiger partial charge in [-0.3, -0.25) is 4.79 Å². The van der Waals surface area contributed by atoms with Crippen LogP contribution in [0.3, 0.4) is 0 Å². The van der Waals surface area contributed by atoms with Crippen molar-refractivity contribution in [2.45, 2.75) is 13.3 Å². The third kappa shape index (κ3) is 3.32. The van der Waals surface area contributed by atoms with Crippen molar-refractivity contribution in [2.24, 2.45) is 0 Å². The molecule has 0 aliphatic rings. The van der Waals surface area contributed by atoms with E-state index < -0.39 is 0 Å². The van der Waals surface area contributed by atoms with Gasteiger partial charge in [0.05, 0.1) is 12.6 Å². The Morgan fingerprint density at radius 2 is 2.04 bits per heavy atom. The van der Waals surface area contributed by atoms with Crippen LogP contribution in [0.1, 0.15) is 11.4 Å². The Hall–Kier alpha value is -3.12. The Labute approximate surface area is 154 Å². The lowest BCUT2D eigenvalue weighted by atomic mass is 10.1. The fraction of sp³-hybridized carbons (Fsp3) is 0.105. The molecule has 0 aliphatic carbocycles. The molecule has 1 amide bonds. The summed E-state index contributed by atoms with van der Waals surface area (Å²) in [7, 11) is 0. The molecule has 7 heteroatoms. The number of nitrogens with one attached hydrogen (secondary N) is 1. The number of carbonyl (C=O) groups is 1. The highest BCUT2D eigenvalue weighted by molar-refractivity contribution is 6.30. The molecule has 0 atom stereocenters. The number of carbonyl (C=O) groups excluding carboxylic acids is 1. The number of anilines is 1. The maximum atomic E-state index is 12.2. The molecule has 130 valence electrons. The number of nitrogens with zero attached hydrogens (tertiary/aromatic N) is 3. The Kier molecular flexibility index (Phi) is 4.18. The number of halogens is 1. The number of fused-ring (bicyclic) bond motifs is 1. The van der Waals surface area contributed by atoms with Crippen LogP contribution in [0.2, 0.25) is 5.02 Å². The van der Waals surface area contributed by atoms with E-state index in [-0.39, 0.29) is 12.3 Å². The van der Waals surface area contributed by atoms with Crippen LogP contribution in [0, 0.1) is 6.92 Å². The molecule has 6 nitrogen and oxygen atoms in total. The standard InChI is InChI=1S/C19H15ClN4O2/c1-12-21-11-18-24(12)23-19(26-18)14-5-7-16(8-6-14)22-17(25)10-13-3-2-4-15(20)9-13/h2-9,11H,10H2,1H3,(H,22,25). The second kappa shape index (κ2) is 6.65. The van der Waals surface area contributed by atoms with Gasteiger partial charge in [-0.15, -0.1) is 5.10 Å². The summed E-state index contributed by atoms with van der Waals surface area (Å²) >= 11 is 5.94. The second-order valence-electron chi connectivity index (χ2n) is 5.89. The zero-order chi connectivity index (χ0) is 18.1. The molecule has 2 aromatic carbocycles. The maximum Gasteiger partial charge on any atom is 0.246 e. The van der Waals surface area contributed by atoms with Crippen LogP contribution in [-0.4, -0.2) is 20.5 Å². The normalized spacial score (nSPS) is 11.0. The number of hydrogen-bond acceptors (Lipinski definition) is 4. The van der Waals surface area contributed by atoms with Gasteiger partial charge >= 0.3 is 0 Å². The van der Waals surface area contributed by atoms with Gasteiger partial charge in [0.25, 0.3) is 0 Å². The van der Waals surface area contributed by atoms with Gasteiger partial charge in [-0.25, -0.2) is 4.98 Å². The van der Waals surface area contributed by atoms with E-state index >= 15 is 0 Å². The van der Waals surface area contributed by atoms with Gasteiger partial charge in [0.15, 0.2) is 0 Å². The number of amides is 1. The zero-order valence-electron chi connectivity index (χ0n) is 13.9. The average Bonchev–Trinajstić information content (AvgIpc) is 3.18. The number of benzene rings is 2. The van der Waals surface area contributed by atoms with Crippen LogP contribution < -0.4 is 5.32 Å². The fourth-order valence-corrected chi connectivity index (χ4v) is 2.88. The van der Waals surface area contributed by atoms with E-state index in [1.165, 1.54) is 0 Å². The summed E-state index contributed by atoms with van der Waals surface area (Å²) < 4.78 is 7.32. The Morgan fingerprint density at radius 3 is 2.77 bits per heavy atom. The monoisotopic (exact) mass is 366 g/mol. The third-order valence-corrected chi connectivity index (χ3v) is 4.17. The number of imidazole rings is 1. The topological polar surface area (TPSA) is 72.4 Å². The molecule has 0 bridgehead atoms. The summed E-state index contributed by atoms with van der Waals surface area (Å²) in [6.45, 7) is 1.86.